The molecule has 0 aromatic carbocycles. The fraction of sp³-hybridized carbons (Fsp3) is 0.846. The van der Waals surface area contributed by atoms with Crippen LogP contribution in [-0.4, -0.2) is 61.1 Å². The maximum atomic E-state index is 12.2. The fourth-order valence-electron chi connectivity index (χ4n) is 2.65. The minimum absolute atomic E-state index is 0.0250. The average molecular weight is 269 g/mol. The molecule has 2 aliphatic heterocycles. The van der Waals surface area contributed by atoms with E-state index in [1.165, 1.54) is 0 Å². The van der Waals surface area contributed by atoms with Gasteiger partial charge in [-0.1, -0.05) is 6.92 Å². The molecule has 108 valence electrons. The Labute approximate surface area is 113 Å². The molecule has 0 aromatic heterocycles. The first-order valence-electron chi connectivity index (χ1n) is 7.05. The van der Waals surface area contributed by atoms with E-state index in [9.17, 15) is 9.59 Å². The van der Waals surface area contributed by atoms with Crippen LogP contribution in [0.3, 0.4) is 0 Å². The van der Waals surface area contributed by atoms with Gasteiger partial charge in [-0.3, -0.25) is 9.59 Å². The molecule has 19 heavy (non-hydrogen) atoms. The van der Waals surface area contributed by atoms with Crippen molar-refractivity contribution in [2.24, 2.45) is 0 Å². The second kappa shape index (κ2) is 6.34. The normalized spacial score (nSPS) is 31.3. The molecule has 0 bridgehead atoms. The van der Waals surface area contributed by atoms with Crippen LogP contribution in [0.15, 0.2) is 0 Å². The van der Waals surface area contributed by atoms with Gasteiger partial charge in [-0.25, -0.2) is 0 Å². The van der Waals surface area contributed by atoms with E-state index < -0.39 is 0 Å². The van der Waals surface area contributed by atoms with Crippen LogP contribution in [0.5, 0.6) is 0 Å². The number of carbonyl (C=O) groups excluding carboxylic acids is 2. The van der Waals surface area contributed by atoms with Gasteiger partial charge in [-0.05, 0) is 13.3 Å². The molecule has 0 saturated carbocycles. The lowest BCUT2D eigenvalue weighted by atomic mass is 10.1. The summed E-state index contributed by atoms with van der Waals surface area (Å²) in [4.78, 5) is 25.6. The van der Waals surface area contributed by atoms with Gasteiger partial charge in [0, 0.05) is 32.1 Å². The van der Waals surface area contributed by atoms with E-state index >= 15 is 0 Å². The van der Waals surface area contributed by atoms with Gasteiger partial charge in [-0.15, -0.1) is 0 Å². The van der Waals surface area contributed by atoms with Crippen molar-refractivity contribution < 1.29 is 14.3 Å². The molecule has 0 aromatic rings. The van der Waals surface area contributed by atoms with Crippen molar-refractivity contribution in [2.45, 2.75) is 44.9 Å². The molecule has 2 amide bonds. The molecule has 6 heteroatoms. The van der Waals surface area contributed by atoms with E-state index in [4.69, 9.17) is 4.74 Å². The van der Waals surface area contributed by atoms with Gasteiger partial charge in [0.05, 0.1) is 12.7 Å². The summed E-state index contributed by atoms with van der Waals surface area (Å²) in [5.41, 5.74) is 0. The minimum Gasteiger partial charge on any atom is -0.375 e. The van der Waals surface area contributed by atoms with Crippen LogP contribution in [0.1, 0.15) is 26.7 Å². The number of morpholine rings is 1. The molecule has 2 heterocycles. The zero-order valence-electron chi connectivity index (χ0n) is 11.6. The van der Waals surface area contributed by atoms with E-state index in [0.29, 0.717) is 26.1 Å². The number of hydrogen-bond donors (Lipinski definition) is 2. The molecule has 2 aliphatic rings. The predicted octanol–water partition coefficient (Wildman–Crippen LogP) is -0.510. The molecule has 2 saturated heterocycles. The summed E-state index contributed by atoms with van der Waals surface area (Å²) in [6.45, 7) is 6.47. The van der Waals surface area contributed by atoms with Gasteiger partial charge in [0.15, 0.2) is 0 Å². The Kier molecular flexibility index (Phi) is 4.76. The largest absolute Gasteiger partial charge is 0.375 e. The molecule has 0 aliphatic carbocycles. The highest BCUT2D eigenvalue weighted by atomic mass is 16.5. The number of amides is 2. The highest BCUT2D eigenvalue weighted by Gasteiger charge is 2.32. The third-order valence-electron chi connectivity index (χ3n) is 3.79. The van der Waals surface area contributed by atoms with E-state index in [2.05, 4.69) is 10.6 Å². The standard InChI is InChI=1S/C13H23N3O3/c1-3-11(17)16-6-4-10(8-16)15-13(18)12-9(2)19-7-5-14-12/h9-10,12,14H,3-8H2,1-2H3,(H,15,18)/t9-,10?,12+/m1/s1. The average Bonchev–Trinajstić information content (AvgIpc) is 2.86. The number of likely N-dealkylation sites (tertiary alicyclic amines) is 1. The molecule has 3 atom stereocenters. The zero-order valence-corrected chi connectivity index (χ0v) is 11.6. The number of nitrogens with one attached hydrogen (secondary N) is 2. The van der Waals surface area contributed by atoms with E-state index in [-0.39, 0.29) is 30.0 Å². The molecule has 0 spiro atoms. The molecule has 0 radical (unpaired) electrons. The van der Waals surface area contributed by atoms with E-state index in [1.54, 1.807) is 0 Å². The Hall–Kier alpha value is -1.14. The summed E-state index contributed by atoms with van der Waals surface area (Å²) < 4.78 is 5.46. The summed E-state index contributed by atoms with van der Waals surface area (Å²) in [6.07, 6.45) is 1.25. The number of nitrogens with zero attached hydrogens (tertiary/aromatic N) is 1. The van der Waals surface area contributed by atoms with Gasteiger partial charge in [0.2, 0.25) is 11.8 Å². The van der Waals surface area contributed by atoms with Crippen LogP contribution in [0.25, 0.3) is 0 Å². The van der Waals surface area contributed by atoms with Gasteiger partial charge in [-0.2, -0.15) is 0 Å². The van der Waals surface area contributed by atoms with Crippen molar-refractivity contribution >= 4 is 11.8 Å². The Bertz CT molecular complexity index is 348. The summed E-state index contributed by atoms with van der Waals surface area (Å²) in [5, 5.41) is 6.18. The van der Waals surface area contributed by atoms with Gasteiger partial charge >= 0.3 is 0 Å². The first-order chi connectivity index (χ1) is 9.11. The Morgan fingerprint density at radius 2 is 2.26 bits per heavy atom. The third kappa shape index (κ3) is 3.45. The summed E-state index contributed by atoms with van der Waals surface area (Å²) in [6, 6.07) is -0.219. The third-order valence-corrected chi connectivity index (χ3v) is 3.79. The SMILES string of the molecule is CCC(=O)N1CCC(NC(=O)[C@H]2NCCO[C@@H]2C)C1. The summed E-state index contributed by atoms with van der Waals surface area (Å²) in [7, 11) is 0. The van der Waals surface area contributed by atoms with Crippen molar-refractivity contribution in [2.75, 3.05) is 26.2 Å². The summed E-state index contributed by atoms with van der Waals surface area (Å²) in [5.74, 6) is 0.132. The zero-order chi connectivity index (χ0) is 13.8. The number of hydrogen-bond acceptors (Lipinski definition) is 4. The Morgan fingerprint density at radius 1 is 1.47 bits per heavy atom. The predicted molar refractivity (Wildman–Crippen MR) is 70.6 cm³/mol. The fourth-order valence-corrected chi connectivity index (χ4v) is 2.65. The molecule has 2 N–H and O–H groups in total. The monoisotopic (exact) mass is 269 g/mol. The van der Waals surface area contributed by atoms with Crippen LogP contribution in [0, 0.1) is 0 Å². The topological polar surface area (TPSA) is 70.7 Å². The number of rotatable bonds is 3. The first kappa shape index (κ1) is 14.3. The van der Waals surface area contributed by atoms with Gasteiger partial charge in [0.1, 0.15) is 6.04 Å². The van der Waals surface area contributed by atoms with Crippen LogP contribution in [0.2, 0.25) is 0 Å². The van der Waals surface area contributed by atoms with Gasteiger partial charge in [0.25, 0.3) is 0 Å². The lowest BCUT2D eigenvalue weighted by Gasteiger charge is -2.30. The minimum atomic E-state index is -0.287. The van der Waals surface area contributed by atoms with Crippen molar-refractivity contribution in [3.63, 3.8) is 0 Å². The van der Waals surface area contributed by atoms with Crippen LogP contribution in [-0.2, 0) is 14.3 Å². The lowest BCUT2D eigenvalue weighted by Crippen LogP contribution is -2.57. The Morgan fingerprint density at radius 3 is 2.95 bits per heavy atom. The van der Waals surface area contributed by atoms with E-state index in [1.807, 2.05) is 18.7 Å². The van der Waals surface area contributed by atoms with Crippen LogP contribution >= 0.6 is 0 Å². The first-order valence-corrected chi connectivity index (χ1v) is 7.05. The molecule has 2 fully saturated rings. The van der Waals surface area contributed by atoms with Crippen LogP contribution < -0.4 is 10.6 Å². The maximum absolute atomic E-state index is 12.2. The maximum Gasteiger partial charge on any atom is 0.240 e. The second-order valence-electron chi connectivity index (χ2n) is 5.20. The smallest absolute Gasteiger partial charge is 0.240 e. The number of ether oxygens (including phenoxy) is 1. The van der Waals surface area contributed by atoms with Gasteiger partial charge < -0.3 is 20.3 Å². The highest BCUT2D eigenvalue weighted by molar-refractivity contribution is 5.83. The molecular weight excluding hydrogens is 246 g/mol. The molecular formula is C13H23N3O3. The van der Waals surface area contributed by atoms with Crippen molar-refractivity contribution in [1.82, 2.24) is 15.5 Å². The van der Waals surface area contributed by atoms with Crippen molar-refractivity contribution in [3.05, 3.63) is 0 Å². The number of carbonyl (C=O) groups is 2. The molecule has 6 nitrogen and oxygen atoms in total. The van der Waals surface area contributed by atoms with Crippen molar-refractivity contribution in [1.29, 1.82) is 0 Å². The lowest BCUT2D eigenvalue weighted by molar-refractivity contribution is -0.131. The molecule has 1 unspecified atom stereocenters. The van der Waals surface area contributed by atoms with Crippen molar-refractivity contribution in [3.8, 4) is 0 Å². The van der Waals surface area contributed by atoms with Crippen LogP contribution in [0.4, 0.5) is 0 Å². The molecule has 2 rings (SSSR count). The van der Waals surface area contributed by atoms with E-state index in [0.717, 1.165) is 13.0 Å². The second-order valence-corrected chi connectivity index (χ2v) is 5.20. The Balaban J connectivity index is 1.81. The quantitative estimate of drug-likeness (QED) is 0.724. The highest BCUT2D eigenvalue weighted by Crippen LogP contribution is 2.12. The summed E-state index contributed by atoms with van der Waals surface area (Å²) >= 11 is 0.